The molecule has 0 aromatic heterocycles. The van der Waals surface area contributed by atoms with Gasteiger partial charge in [0.05, 0.1) is 0 Å². The Hall–Kier alpha value is -0.470. The Kier molecular flexibility index (Phi) is 3.22. The Labute approximate surface area is 121 Å². The molecule has 1 N–H and O–H groups in total. The van der Waals surface area contributed by atoms with Crippen LogP contribution in [0.2, 0.25) is 0 Å². The highest BCUT2D eigenvalue weighted by Gasteiger charge is 2.63. The standard InChI is InChI=1S/C17H25NS/c1-16(2)15(17(16,3)4)11-18-13-9-10-19-14-8-6-5-7-12(13)14/h5-8,13,15,18H,9-11H2,1-4H3. The smallest absolute Gasteiger partial charge is 0.0339 e. The van der Waals surface area contributed by atoms with Gasteiger partial charge in [0.2, 0.25) is 0 Å². The van der Waals surface area contributed by atoms with Gasteiger partial charge in [0, 0.05) is 10.9 Å². The molecule has 1 aromatic rings. The minimum Gasteiger partial charge on any atom is -0.310 e. The molecule has 104 valence electrons. The van der Waals surface area contributed by atoms with E-state index in [1.807, 2.05) is 11.8 Å². The van der Waals surface area contributed by atoms with Crippen molar-refractivity contribution in [2.45, 2.75) is 45.1 Å². The number of rotatable bonds is 3. The molecule has 19 heavy (non-hydrogen) atoms. The summed E-state index contributed by atoms with van der Waals surface area (Å²) in [5.41, 5.74) is 2.49. The highest BCUT2D eigenvalue weighted by molar-refractivity contribution is 7.99. The predicted octanol–water partition coefficient (Wildman–Crippen LogP) is 4.50. The minimum atomic E-state index is 0.489. The number of nitrogens with one attached hydrogen (secondary N) is 1. The third-order valence-electron chi connectivity index (χ3n) is 5.85. The first-order valence-corrected chi connectivity index (χ1v) is 8.38. The Morgan fingerprint density at radius 2 is 1.84 bits per heavy atom. The van der Waals surface area contributed by atoms with E-state index in [1.54, 1.807) is 0 Å². The summed E-state index contributed by atoms with van der Waals surface area (Å²) < 4.78 is 0. The van der Waals surface area contributed by atoms with E-state index in [0.29, 0.717) is 16.9 Å². The van der Waals surface area contributed by atoms with E-state index in [4.69, 9.17) is 0 Å². The first-order chi connectivity index (χ1) is 8.94. The largest absolute Gasteiger partial charge is 0.310 e. The molecule has 1 atom stereocenters. The molecule has 1 heterocycles. The van der Waals surface area contributed by atoms with Crippen molar-refractivity contribution in [3.05, 3.63) is 29.8 Å². The van der Waals surface area contributed by atoms with Gasteiger partial charge in [-0.05, 0) is 47.1 Å². The van der Waals surface area contributed by atoms with Crippen molar-refractivity contribution in [1.29, 1.82) is 0 Å². The van der Waals surface area contributed by atoms with Crippen LogP contribution in [0, 0.1) is 16.7 Å². The lowest BCUT2D eigenvalue weighted by Crippen LogP contribution is -2.27. The quantitative estimate of drug-likeness (QED) is 0.872. The molecular formula is C17H25NS. The van der Waals surface area contributed by atoms with Crippen LogP contribution in [0.5, 0.6) is 0 Å². The maximum absolute atomic E-state index is 3.84. The molecule has 1 fully saturated rings. The van der Waals surface area contributed by atoms with Gasteiger partial charge in [-0.2, -0.15) is 0 Å². The third kappa shape index (κ3) is 2.13. The summed E-state index contributed by atoms with van der Waals surface area (Å²) >= 11 is 2.00. The summed E-state index contributed by atoms with van der Waals surface area (Å²) in [7, 11) is 0. The van der Waals surface area contributed by atoms with Crippen molar-refractivity contribution in [2.75, 3.05) is 12.3 Å². The fourth-order valence-corrected chi connectivity index (χ4v) is 4.78. The zero-order chi connectivity index (χ0) is 13.7. The zero-order valence-electron chi connectivity index (χ0n) is 12.5. The molecule has 0 amide bonds. The number of benzene rings is 1. The van der Waals surface area contributed by atoms with E-state index in [2.05, 4.69) is 57.3 Å². The summed E-state index contributed by atoms with van der Waals surface area (Å²) in [6.45, 7) is 10.8. The van der Waals surface area contributed by atoms with Gasteiger partial charge in [0.1, 0.15) is 0 Å². The Bertz CT molecular complexity index is 464. The van der Waals surface area contributed by atoms with Crippen LogP contribution in [0.25, 0.3) is 0 Å². The van der Waals surface area contributed by atoms with E-state index in [1.165, 1.54) is 22.6 Å². The minimum absolute atomic E-state index is 0.489. The normalized spacial score (nSPS) is 27.9. The first kappa shape index (κ1) is 13.5. The zero-order valence-corrected chi connectivity index (χ0v) is 13.3. The first-order valence-electron chi connectivity index (χ1n) is 7.39. The molecule has 1 aliphatic heterocycles. The molecule has 2 aliphatic rings. The Balaban J connectivity index is 1.67. The van der Waals surface area contributed by atoms with Gasteiger partial charge in [0.15, 0.2) is 0 Å². The SMILES string of the molecule is CC1(C)C(CNC2CCSc3ccccc32)C1(C)C. The molecule has 1 saturated carbocycles. The second-order valence-electron chi connectivity index (χ2n) is 7.13. The number of hydrogen-bond donors (Lipinski definition) is 1. The van der Waals surface area contributed by atoms with E-state index in [0.717, 1.165) is 12.5 Å². The Morgan fingerprint density at radius 3 is 2.53 bits per heavy atom. The Morgan fingerprint density at radius 1 is 1.16 bits per heavy atom. The molecular weight excluding hydrogens is 250 g/mol. The summed E-state index contributed by atoms with van der Waals surface area (Å²) in [5.74, 6) is 2.05. The molecule has 0 saturated heterocycles. The van der Waals surface area contributed by atoms with Gasteiger partial charge >= 0.3 is 0 Å². The number of fused-ring (bicyclic) bond motifs is 1. The van der Waals surface area contributed by atoms with Gasteiger partial charge in [-0.3, -0.25) is 0 Å². The summed E-state index contributed by atoms with van der Waals surface area (Å²) in [5, 5.41) is 3.84. The topological polar surface area (TPSA) is 12.0 Å². The lowest BCUT2D eigenvalue weighted by molar-refractivity contribution is 0.456. The molecule has 1 aromatic carbocycles. The lowest BCUT2D eigenvalue weighted by Gasteiger charge is -2.26. The maximum Gasteiger partial charge on any atom is 0.0339 e. The van der Waals surface area contributed by atoms with Crippen LogP contribution in [0.1, 0.15) is 45.7 Å². The van der Waals surface area contributed by atoms with Gasteiger partial charge < -0.3 is 5.32 Å². The van der Waals surface area contributed by atoms with E-state index in [9.17, 15) is 0 Å². The van der Waals surface area contributed by atoms with Crippen LogP contribution in [0.4, 0.5) is 0 Å². The van der Waals surface area contributed by atoms with Crippen molar-refractivity contribution in [1.82, 2.24) is 5.32 Å². The van der Waals surface area contributed by atoms with Crippen molar-refractivity contribution < 1.29 is 0 Å². The monoisotopic (exact) mass is 275 g/mol. The number of thioether (sulfide) groups is 1. The fraction of sp³-hybridized carbons (Fsp3) is 0.647. The molecule has 0 radical (unpaired) electrons. The molecule has 0 spiro atoms. The van der Waals surface area contributed by atoms with Crippen molar-refractivity contribution in [3.8, 4) is 0 Å². The van der Waals surface area contributed by atoms with Crippen LogP contribution >= 0.6 is 11.8 Å². The third-order valence-corrected chi connectivity index (χ3v) is 6.97. The highest BCUT2D eigenvalue weighted by atomic mass is 32.2. The van der Waals surface area contributed by atoms with Crippen molar-refractivity contribution in [3.63, 3.8) is 0 Å². The van der Waals surface area contributed by atoms with Gasteiger partial charge in [-0.1, -0.05) is 45.9 Å². The van der Waals surface area contributed by atoms with Crippen molar-refractivity contribution >= 4 is 11.8 Å². The lowest BCUT2D eigenvalue weighted by atomic mass is 10.0. The van der Waals surface area contributed by atoms with Crippen LogP contribution < -0.4 is 5.32 Å². The van der Waals surface area contributed by atoms with E-state index >= 15 is 0 Å². The molecule has 1 aliphatic carbocycles. The molecule has 2 heteroatoms. The molecule has 1 unspecified atom stereocenters. The molecule has 0 bridgehead atoms. The predicted molar refractivity (Wildman–Crippen MR) is 83.6 cm³/mol. The summed E-state index contributed by atoms with van der Waals surface area (Å²) in [6, 6.07) is 9.44. The van der Waals surface area contributed by atoms with Gasteiger partial charge in [-0.25, -0.2) is 0 Å². The van der Waals surface area contributed by atoms with E-state index < -0.39 is 0 Å². The molecule has 3 rings (SSSR count). The summed E-state index contributed by atoms with van der Waals surface area (Å²) in [6.07, 6.45) is 1.26. The van der Waals surface area contributed by atoms with Crippen LogP contribution in [0.3, 0.4) is 0 Å². The highest BCUT2D eigenvalue weighted by Crippen LogP contribution is 2.68. The fourth-order valence-electron chi connectivity index (χ4n) is 3.66. The van der Waals surface area contributed by atoms with Gasteiger partial charge in [0.25, 0.3) is 0 Å². The number of hydrogen-bond acceptors (Lipinski definition) is 2. The average molecular weight is 275 g/mol. The second kappa shape index (κ2) is 4.53. The molecule has 1 nitrogen and oxygen atoms in total. The van der Waals surface area contributed by atoms with E-state index in [-0.39, 0.29) is 0 Å². The second-order valence-corrected chi connectivity index (χ2v) is 8.27. The van der Waals surface area contributed by atoms with Crippen molar-refractivity contribution in [2.24, 2.45) is 16.7 Å². The average Bonchev–Trinajstić information content (AvgIpc) is 2.77. The van der Waals surface area contributed by atoms with Gasteiger partial charge in [-0.15, -0.1) is 11.8 Å². The van der Waals surface area contributed by atoms with Crippen LogP contribution in [-0.4, -0.2) is 12.3 Å². The maximum atomic E-state index is 3.84. The van der Waals surface area contributed by atoms with Crippen LogP contribution in [0.15, 0.2) is 29.2 Å². The summed E-state index contributed by atoms with van der Waals surface area (Å²) in [4.78, 5) is 1.47. The van der Waals surface area contributed by atoms with Crippen LogP contribution in [-0.2, 0) is 0 Å².